The number of ether oxygens (including phenoxy) is 1. The number of rotatable bonds is 4. The molecule has 4 rings (SSSR count). The van der Waals surface area contributed by atoms with Crippen LogP contribution in [0.1, 0.15) is 10.9 Å². The molecule has 130 valence electrons. The normalized spacial score (nSPS) is 16.7. The monoisotopic (exact) mass is 382 g/mol. The standard InChI is InChI=1S/C20H15ClN2O2S/c21-15-3-7-17(8-4-15)25-18-9-5-16(6-10-18)23-19(24)13-26-20(23)14-2-1-11-22-12-14/h1-12,20H,13H2/t20-/m1/s1. The first-order valence-corrected chi connectivity index (χ1v) is 9.50. The molecule has 3 aromatic rings. The predicted molar refractivity (Wildman–Crippen MR) is 105 cm³/mol. The Kier molecular flexibility index (Phi) is 4.82. The quantitative estimate of drug-likeness (QED) is 0.613. The third kappa shape index (κ3) is 3.54. The molecule has 0 N–H and O–H groups in total. The Morgan fingerprint density at radius 2 is 1.73 bits per heavy atom. The second-order valence-electron chi connectivity index (χ2n) is 5.76. The first-order valence-electron chi connectivity index (χ1n) is 8.08. The van der Waals surface area contributed by atoms with Crippen molar-refractivity contribution in [3.8, 4) is 11.5 Å². The molecule has 0 unspecified atom stereocenters. The van der Waals surface area contributed by atoms with Crippen LogP contribution < -0.4 is 9.64 Å². The van der Waals surface area contributed by atoms with Gasteiger partial charge in [-0.1, -0.05) is 17.7 Å². The average molecular weight is 383 g/mol. The summed E-state index contributed by atoms with van der Waals surface area (Å²) in [5.74, 6) is 1.97. The second-order valence-corrected chi connectivity index (χ2v) is 7.27. The molecule has 0 aliphatic carbocycles. The van der Waals surface area contributed by atoms with Gasteiger partial charge in [0.1, 0.15) is 16.9 Å². The first-order chi connectivity index (χ1) is 12.7. The van der Waals surface area contributed by atoms with E-state index < -0.39 is 0 Å². The van der Waals surface area contributed by atoms with Gasteiger partial charge in [0, 0.05) is 28.7 Å². The van der Waals surface area contributed by atoms with Crippen LogP contribution in [0.4, 0.5) is 5.69 Å². The molecule has 0 radical (unpaired) electrons. The van der Waals surface area contributed by atoms with Gasteiger partial charge in [-0.15, -0.1) is 11.8 Å². The molecule has 26 heavy (non-hydrogen) atoms. The molecule has 1 aromatic heterocycles. The summed E-state index contributed by atoms with van der Waals surface area (Å²) in [6, 6.07) is 18.6. The van der Waals surface area contributed by atoms with Gasteiger partial charge in [-0.2, -0.15) is 0 Å². The number of carbonyl (C=O) groups is 1. The summed E-state index contributed by atoms with van der Waals surface area (Å²) >= 11 is 7.49. The maximum atomic E-state index is 12.4. The number of amides is 1. The smallest absolute Gasteiger partial charge is 0.238 e. The number of halogens is 1. The number of aromatic nitrogens is 1. The highest BCUT2D eigenvalue weighted by molar-refractivity contribution is 8.00. The summed E-state index contributed by atoms with van der Waals surface area (Å²) in [7, 11) is 0. The van der Waals surface area contributed by atoms with E-state index in [0.717, 1.165) is 11.3 Å². The zero-order valence-corrected chi connectivity index (χ0v) is 15.3. The SMILES string of the molecule is O=C1CS[C@H](c2cccnc2)N1c1ccc(Oc2ccc(Cl)cc2)cc1. The molecule has 1 saturated heterocycles. The van der Waals surface area contributed by atoms with E-state index in [1.165, 1.54) is 0 Å². The van der Waals surface area contributed by atoms with Crippen molar-refractivity contribution in [3.63, 3.8) is 0 Å². The number of carbonyl (C=O) groups excluding carboxylic acids is 1. The number of hydrogen-bond donors (Lipinski definition) is 0. The van der Waals surface area contributed by atoms with Crippen molar-refractivity contribution < 1.29 is 9.53 Å². The molecule has 0 bridgehead atoms. The zero-order chi connectivity index (χ0) is 17.9. The topological polar surface area (TPSA) is 42.4 Å². The lowest BCUT2D eigenvalue weighted by atomic mass is 10.2. The molecule has 0 saturated carbocycles. The van der Waals surface area contributed by atoms with E-state index in [9.17, 15) is 4.79 Å². The lowest BCUT2D eigenvalue weighted by molar-refractivity contribution is -0.115. The first kappa shape index (κ1) is 16.9. The molecule has 2 heterocycles. The minimum atomic E-state index is -0.0563. The van der Waals surface area contributed by atoms with Crippen molar-refractivity contribution in [2.45, 2.75) is 5.37 Å². The Bertz CT molecular complexity index is 901. The fourth-order valence-electron chi connectivity index (χ4n) is 2.79. The van der Waals surface area contributed by atoms with E-state index in [0.29, 0.717) is 22.3 Å². The lowest BCUT2D eigenvalue weighted by Gasteiger charge is -2.24. The van der Waals surface area contributed by atoms with E-state index in [-0.39, 0.29) is 11.3 Å². The number of nitrogens with zero attached hydrogens (tertiary/aromatic N) is 2. The van der Waals surface area contributed by atoms with Gasteiger partial charge in [-0.25, -0.2) is 0 Å². The molecule has 1 fully saturated rings. The molecule has 1 amide bonds. The molecule has 6 heteroatoms. The number of hydrogen-bond acceptors (Lipinski definition) is 4. The molecule has 4 nitrogen and oxygen atoms in total. The minimum absolute atomic E-state index is 0.0563. The molecule has 1 aliphatic rings. The molecule has 1 aliphatic heterocycles. The van der Waals surface area contributed by atoms with Crippen molar-refractivity contribution in [1.29, 1.82) is 0 Å². The average Bonchev–Trinajstić information content (AvgIpc) is 3.06. The van der Waals surface area contributed by atoms with Crippen LogP contribution in [0.5, 0.6) is 11.5 Å². The molecule has 1 atom stereocenters. The van der Waals surface area contributed by atoms with Gasteiger partial charge in [-0.3, -0.25) is 14.7 Å². The van der Waals surface area contributed by atoms with Crippen molar-refractivity contribution in [3.05, 3.63) is 83.6 Å². The van der Waals surface area contributed by atoms with E-state index in [4.69, 9.17) is 16.3 Å². The minimum Gasteiger partial charge on any atom is -0.457 e. The van der Waals surface area contributed by atoms with Crippen LogP contribution in [0, 0.1) is 0 Å². The van der Waals surface area contributed by atoms with Gasteiger partial charge in [0.05, 0.1) is 5.75 Å². The van der Waals surface area contributed by atoms with Gasteiger partial charge < -0.3 is 4.74 Å². The molecule has 0 spiro atoms. The van der Waals surface area contributed by atoms with Crippen molar-refractivity contribution in [2.24, 2.45) is 0 Å². The van der Waals surface area contributed by atoms with Gasteiger partial charge in [0.25, 0.3) is 0 Å². The third-order valence-corrected chi connectivity index (χ3v) is 5.47. The van der Waals surface area contributed by atoms with E-state index >= 15 is 0 Å². The largest absolute Gasteiger partial charge is 0.457 e. The van der Waals surface area contributed by atoms with Gasteiger partial charge in [-0.05, 0) is 54.6 Å². The number of pyridine rings is 1. The molecular weight excluding hydrogens is 368 g/mol. The van der Waals surface area contributed by atoms with Gasteiger partial charge in [0.2, 0.25) is 5.91 Å². The Balaban J connectivity index is 1.55. The van der Waals surface area contributed by atoms with Crippen LogP contribution in [0.25, 0.3) is 0 Å². The van der Waals surface area contributed by atoms with Gasteiger partial charge in [0.15, 0.2) is 0 Å². The maximum Gasteiger partial charge on any atom is 0.238 e. The van der Waals surface area contributed by atoms with Crippen LogP contribution in [-0.4, -0.2) is 16.6 Å². The predicted octanol–water partition coefficient (Wildman–Crippen LogP) is 5.31. The number of anilines is 1. The van der Waals surface area contributed by atoms with Crippen molar-refractivity contribution in [2.75, 3.05) is 10.7 Å². The fraction of sp³-hybridized carbons (Fsp3) is 0.100. The van der Waals surface area contributed by atoms with E-state index in [2.05, 4.69) is 4.98 Å². The summed E-state index contributed by atoms with van der Waals surface area (Å²) in [5, 5.41) is 0.610. The Labute approximate surface area is 160 Å². The molecular formula is C20H15ClN2O2S. The van der Waals surface area contributed by atoms with E-state index in [1.807, 2.05) is 53.4 Å². The Morgan fingerprint density at radius 3 is 2.38 bits per heavy atom. The highest BCUT2D eigenvalue weighted by Crippen LogP contribution is 2.41. The lowest BCUT2D eigenvalue weighted by Crippen LogP contribution is -2.27. The summed E-state index contributed by atoms with van der Waals surface area (Å²) in [6.07, 6.45) is 3.54. The second kappa shape index (κ2) is 7.40. The van der Waals surface area contributed by atoms with Crippen LogP contribution in [0.15, 0.2) is 73.1 Å². The highest BCUT2D eigenvalue weighted by Gasteiger charge is 2.34. The molecule has 2 aromatic carbocycles. The van der Waals surface area contributed by atoms with Crippen LogP contribution in [0.2, 0.25) is 5.02 Å². The van der Waals surface area contributed by atoms with Crippen LogP contribution in [-0.2, 0) is 4.79 Å². The Hall–Kier alpha value is -2.50. The number of thioether (sulfide) groups is 1. The zero-order valence-electron chi connectivity index (χ0n) is 13.7. The summed E-state index contributed by atoms with van der Waals surface area (Å²) in [4.78, 5) is 18.4. The summed E-state index contributed by atoms with van der Waals surface area (Å²) in [5.41, 5.74) is 1.86. The highest BCUT2D eigenvalue weighted by atomic mass is 35.5. The fourth-order valence-corrected chi connectivity index (χ4v) is 4.07. The van der Waals surface area contributed by atoms with Gasteiger partial charge >= 0.3 is 0 Å². The maximum absolute atomic E-state index is 12.4. The van der Waals surface area contributed by atoms with Crippen LogP contribution >= 0.6 is 23.4 Å². The third-order valence-electron chi connectivity index (χ3n) is 4.00. The van der Waals surface area contributed by atoms with E-state index in [1.54, 1.807) is 36.3 Å². The van der Waals surface area contributed by atoms with Crippen LogP contribution in [0.3, 0.4) is 0 Å². The Morgan fingerprint density at radius 1 is 1.04 bits per heavy atom. The summed E-state index contributed by atoms with van der Waals surface area (Å²) in [6.45, 7) is 0. The summed E-state index contributed by atoms with van der Waals surface area (Å²) < 4.78 is 5.81. The van der Waals surface area contributed by atoms with Crippen molar-refractivity contribution >= 4 is 35.0 Å². The number of benzene rings is 2. The van der Waals surface area contributed by atoms with Crippen molar-refractivity contribution in [1.82, 2.24) is 4.98 Å².